The van der Waals surface area contributed by atoms with Gasteiger partial charge < -0.3 is 10.6 Å². The molecular weight excluding hydrogens is 286 g/mol. The van der Waals surface area contributed by atoms with Crippen LogP contribution in [-0.2, 0) is 4.79 Å². The number of amides is 1. The largest absolute Gasteiger partial charge is 0.325 e. The number of likely N-dealkylation sites (tertiary alicyclic amines) is 1. The number of anilines is 1. The average Bonchev–Trinajstić information content (AvgIpc) is 2.54. The third-order valence-corrected chi connectivity index (χ3v) is 4.61. The predicted molar refractivity (Wildman–Crippen MR) is 96.9 cm³/mol. The highest BCUT2D eigenvalue weighted by Crippen LogP contribution is 2.23. The molecule has 1 amide bonds. The van der Waals surface area contributed by atoms with E-state index < -0.39 is 0 Å². The summed E-state index contributed by atoms with van der Waals surface area (Å²) < 4.78 is 0. The molecule has 1 aliphatic rings. The van der Waals surface area contributed by atoms with Crippen molar-refractivity contribution in [2.24, 2.45) is 5.92 Å². The highest BCUT2D eigenvalue weighted by molar-refractivity contribution is 5.93. The van der Waals surface area contributed by atoms with Crippen molar-refractivity contribution < 1.29 is 4.79 Å². The molecule has 0 aromatic heterocycles. The van der Waals surface area contributed by atoms with Crippen molar-refractivity contribution in [3.63, 3.8) is 0 Å². The molecule has 1 aliphatic heterocycles. The number of carbonyl (C=O) groups is 1. The number of para-hydroxylation sites is 1. The number of rotatable bonds is 7. The van der Waals surface area contributed by atoms with E-state index in [9.17, 15) is 4.79 Å². The number of piperidine rings is 1. The van der Waals surface area contributed by atoms with Gasteiger partial charge in [0.1, 0.15) is 0 Å². The maximum Gasteiger partial charge on any atom is 0.238 e. The molecule has 23 heavy (non-hydrogen) atoms. The normalized spacial score (nSPS) is 16.7. The van der Waals surface area contributed by atoms with Gasteiger partial charge in [0.2, 0.25) is 5.91 Å². The van der Waals surface area contributed by atoms with Crippen molar-refractivity contribution in [1.82, 2.24) is 10.2 Å². The fraction of sp³-hybridized carbons (Fsp3) is 0.632. The molecule has 0 aliphatic carbocycles. The highest BCUT2D eigenvalue weighted by atomic mass is 16.2. The lowest BCUT2D eigenvalue weighted by molar-refractivity contribution is -0.117. The summed E-state index contributed by atoms with van der Waals surface area (Å²) in [5.41, 5.74) is 2.15. The summed E-state index contributed by atoms with van der Waals surface area (Å²) in [6.07, 6.45) is 2.37. The van der Waals surface area contributed by atoms with Crippen molar-refractivity contribution >= 4 is 11.6 Å². The number of carbonyl (C=O) groups excluding carboxylic acids is 1. The van der Waals surface area contributed by atoms with Crippen molar-refractivity contribution in [1.29, 1.82) is 0 Å². The molecule has 4 nitrogen and oxygen atoms in total. The van der Waals surface area contributed by atoms with Gasteiger partial charge in [-0.25, -0.2) is 0 Å². The van der Waals surface area contributed by atoms with Crippen LogP contribution in [0.3, 0.4) is 0 Å². The van der Waals surface area contributed by atoms with Crippen LogP contribution in [0, 0.1) is 5.92 Å². The lowest BCUT2D eigenvalue weighted by Gasteiger charge is -2.31. The van der Waals surface area contributed by atoms with Crippen LogP contribution in [0.1, 0.15) is 45.1 Å². The van der Waals surface area contributed by atoms with Crippen LogP contribution < -0.4 is 10.6 Å². The maximum absolute atomic E-state index is 12.3. The third kappa shape index (κ3) is 5.63. The van der Waals surface area contributed by atoms with Crippen LogP contribution in [0.15, 0.2) is 24.3 Å². The maximum atomic E-state index is 12.3. The summed E-state index contributed by atoms with van der Waals surface area (Å²) in [6, 6.07) is 8.09. The first-order chi connectivity index (χ1) is 11.1. The first-order valence-corrected chi connectivity index (χ1v) is 8.92. The molecule has 1 fully saturated rings. The van der Waals surface area contributed by atoms with Gasteiger partial charge in [0.25, 0.3) is 0 Å². The molecule has 0 unspecified atom stereocenters. The van der Waals surface area contributed by atoms with E-state index in [1.807, 2.05) is 18.2 Å². The van der Waals surface area contributed by atoms with Crippen LogP contribution in [0.4, 0.5) is 5.69 Å². The highest BCUT2D eigenvalue weighted by Gasteiger charge is 2.20. The number of nitrogens with zero attached hydrogens (tertiary/aromatic N) is 1. The third-order valence-electron chi connectivity index (χ3n) is 4.61. The van der Waals surface area contributed by atoms with Gasteiger partial charge in [0, 0.05) is 5.69 Å². The number of hydrogen-bond acceptors (Lipinski definition) is 3. The monoisotopic (exact) mass is 317 g/mol. The lowest BCUT2D eigenvalue weighted by atomic mass is 9.97. The molecule has 0 bridgehead atoms. The molecule has 1 aromatic carbocycles. The fourth-order valence-corrected chi connectivity index (χ4v) is 3.20. The molecule has 0 radical (unpaired) electrons. The quantitative estimate of drug-likeness (QED) is 0.812. The summed E-state index contributed by atoms with van der Waals surface area (Å²) >= 11 is 0. The number of nitrogens with one attached hydrogen (secondary N) is 2. The molecule has 1 aromatic rings. The minimum atomic E-state index is 0.100. The second-order valence-electron chi connectivity index (χ2n) is 6.82. The van der Waals surface area contributed by atoms with Crippen molar-refractivity contribution in [3.05, 3.63) is 29.8 Å². The van der Waals surface area contributed by atoms with E-state index in [4.69, 9.17) is 0 Å². The topological polar surface area (TPSA) is 44.4 Å². The van der Waals surface area contributed by atoms with E-state index in [1.165, 1.54) is 18.4 Å². The summed E-state index contributed by atoms with van der Waals surface area (Å²) in [5.74, 6) is 1.27. The SMILES string of the molecule is CCNCC1CCN(CC(=O)Nc2ccccc2C(C)C)CC1. The molecule has 1 saturated heterocycles. The Morgan fingerprint density at radius 1 is 1.26 bits per heavy atom. The van der Waals surface area contributed by atoms with Crippen molar-refractivity contribution in [2.75, 3.05) is 38.0 Å². The van der Waals surface area contributed by atoms with Gasteiger partial charge in [-0.2, -0.15) is 0 Å². The molecule has 4 heteroatoms. The van der Waals surface area contributed by atoms with Gasteiger partial charge in [0.15, 0.2) is 0 Å². The smallest absolute Gasteiger partial charge is 0.238 e. The molecule has 2 rings (SSSR count). The zero-order chi connectivity index (χ0) is 16.7. The summed E-state index contributed by atoms with van der Waals surface area (Å²) in [4.78, 5) is 14.6. The second kappa shape index (κ2) is 9.04. The first-order valence-electron chi connectivity index (χ1n) is 8.92. The molecule has 0 spiro atoms. The van der Waals surface area contributed by atoms with Crippen LogP contribution in [0.2, 0.25) is 0 Å². The van der Waals surface area contributed by atoms with Gasteiger partial charge >= 0.3 is 0 Å². The van der Waals surface area contributed by atoms with Crippen molar-refractivity contribution in [3.8, 4) is 0 Å². The van der Waals surface area contributed by atoms with Crippen LogP contribution in [0.25, 0.3) is 0 Å². The lowest BCUT2D eigenvalue weighted by Crippen LogP contribution is -2.41. The first kappa shape index (κ1) is 18.0. The number of benzene rings is 1. The summed E-state index contributed by atoms with van der Waals surface area (Å²) in [7, 11) is 0. The Bertz CT molecular complexity index is 493. The molecular formula is C19H31N3O. The second-order valence-corrected chi connectivity index (χ2v) is 6.82. The van der Waals surface area contributed by atoms with Gasteiger partial charge in [-0.15, -0.1) is 0 Å². The Morgan fingerprint density at radius 3 is 2.61 bits per heavy atom. The van der Waals surface area contributed by atoms with Crippen molar-refractivity contribution in [2.45, 2.75) is 39.5 Å². The Morgan fingerprint density at radius 2 is 1.96 bits per heavy atom. The minimum absolute atomic E-state index is 0.100. The average molecular weight is 317 g/mol. The van der Waals surface area contributed by atoms with Gasteiger partial charge in [-0.3, -0.25) is 9.69 Å². The van der Waals surface area contributed by atoms with Crippen LogP contribution >= 0.6 is 0 Å². The van der Waals surface area contributed by atoms with Gasteiger partial charge in [0.05, 0.1) is 6.54 Å². The fourth-order valence-electron chi connectivity index (χ4n) is 3.20. The Labute approximate surface area is 140 Å². The molecule has 1 heterocycles. The van der Waals surface area contributed by atoms with E-state index in [0.29, 0.717) is 12.5 Å². The molecule has 2 N–H and O–H groups in total. The van der Waals surface area contributed by atoms with E-state index in [2.05, 4.69) is 42.4 Å². The van der Waals surface area contributed by atoms with Crippen LogP contribution in [0.5, 0.6) is 0 Å². The predicted octanol–water partition coefficient (Wildman–Crippen LogP) is 3.07. The Balaban J connectivity index is 1.80. The molecule has 0 saturated carbocycles. The van der Waals surface area contributed by atoms with Gasteiger partial charge in [-0.1, -0.05) is 39.0 Å². The number of hydrogen-bond donors (Lipinski definition) is 2. The standard InChI is InChI=1S/C19H31N3O/c1-4-20-13-16-9-11-22(12-10-16)14-19(23)21-18-8-6-5-7-17(18)15(2)3/h5-8,15-16,20H,4,9-14H2,1-3H3,(H,21,23). The van der Waals surface area contributed by atoms with Crippen LogP contribution in [-0.4, -0.2) is 43.5 Å². The minimum Gasteiger partial charge on any atom is -0.325 e. The zero-order valence-corrected chi connectivity index (χ0v) is 14.8. The summed E-state index contributed by atoms with van der Waals surface area (Å²) in [5, 5.41) is 6.52. The molecule has 0 atom stereocenters. The van der Waals surface area contributed by atoms with E-state index in [1.54, 1.807) is 0 Å². The summed E-state index contributed by atoms with van der Waals surface area (Å²) in [6.45, 7) is 11.1. The van der Waals surface area contributed by atoms with E-state index in [-0.39, 0.29) is 5.91 Å². The molecule has 128 valence electrons. The zero-order valence-electron chi connectivity index (χ0n) is 14.8. The van der Waals surface area contributed by atoms with E-state index in [0.717, 1.165) is 37.8 Å². The van der Waals surface area contributed by atoms with E-state index >= 15 is 0 Å². The Kier molecular flexibility index (Phi) is 7.06. The Hall–Kier alpha value is -1.39. The van der Waals surface area contributed by atoms with Gasteiger partial charge in [-0.05, 0) is 62.5 Å².